The predicted molar refractivity (Wildman–Crippen MR) is 96.5 cm³/mol. The second-order valence-electron chi connectivity index (χ2n) is 8.57. The van der Waals surface area contributed by atoms with E-state index in [9.17, 15) is 30.6 Å². The van der Waals surface area contributed by atoms with Gasteiger partial charge in [-0.3, -0.25) is 0 Å². The van der Waals surface area contributed by atoms with Crippen molar-refractivity contribution >= 4 is 0 Å². The predicted octanol–water partition coefficient (Wildman–Crippen LogP) is -0.848. The highest BCUT2D eigenvalue weighted by atomic mass is 16.7. The molecule has 10 atom stereocenters. The zero-order valence-electron chi connectivity index (χ0n) is 16.3. The maximum Gasteiger partial charge on any atom is 0.187 e. The van der Waals surface area contributed by atoms with Crippen molar-refractivity contribution in [3.05, 3.63) is 12.2 Å². The summed E-state index contributed by atoms with van der Waals surface area (Å²) in [5, 5.41) is 59.5. The summed E-state index contributed by atoms with van der Waals surface area (Å²) in [7, 11) is 0. The Balaban J connectivity index is 2.18. The van der Waals surface area contributed by atoms with Gasteiger partial charge in [0.15, 0.2) is 6.29 Å². The Kier molecular flexibility index (Phi) is 7.43. The molecule has 1 heterocycles. The molecule has 2 fully saturated rings. The van der Waals surface area contributed by atoms with Crippen LogP contribution in [0.1, 0.15) is 34.1 Å². The van der Waals surface area contributed by atoms with Crippen LogP contribution in [0.25, 0.3) is 0 Å². The molecular formula is C19H34O8. The molecule has 0 aromatic carbocycles. The lowest BCUT2D eigenvalue weighted by atomic mass is 9.62. The minimum absolute atomic E-state index is 0.00890. The van der Waals surface area contributed by atoms with Crippen molar-refractivity contribution in [2.24, 2.45) is 17.3 Å². The van der Waals surface area contributed by atoms with Crippen LogP contribution in [0.15, 0.2) is 12.2 Å². The number of allylic oxidation sites excluding steroid dienone is 1. The van der Waals surface area contributed by atoms with Crippen molar-refractivity contribution in [2.45, 2.75) is 83.1 Å². The summed E-state index contributed by atoms with van der Waals surface area (Å²) >= 11 is 0. The van der Waals surface area contributed by atoms with Crippen molar-refractivity contribution < 1.29 is 40.1 Å². The fraction of sp³-hybridized carbons (Fsp3) is 0.895. The first-order chi connectivity index (χ1) is 12.5. The highest BCUT2D eigenvalue weighted by Crippen LogP contribution is 2.46. The molecule has 8 heteroatoms. The summed E-state index contributed by atoms with van der Waals surface area (Å²) in [6.45, 7) is 7.10. The van der Waals surface area contributed by atoms with Crippen molar-refractivity contribution in [2.75, 3.05) is 6.61 Å². The number of hydrogen-bond acceptors (Lipinski definition) is 8. The van der Waals surface area contributed by atoms with Crippen molar-refractivity contribution in [3.63, 3.8) is 0 Å². The maximum atomic E-state index is 10.6. The van der Waals surface area contributed by atoms with Gasteiger partial charge in [-0.05, 0) is 30.6 Å². The number of hydrogen-bond donors (Lipinski definition) is 6. The lowest BCUT2D eigenvalue weighted by molar-refractivity contribution is -0.326. The molecule has 6 N–H and O–H groups in total. The first-order valence-electron chi connectivity index (χ1n) is 9.50. The standard InChI is InChI=1S/C19H34O8/c1-9(21)5-6-11-10(2)17(12(22)7-19(11,3)4)27-18-16(25)15(24)14(23)13(8-20)26-18/h5-6,9-18,20-25H,7-8H2,1-4H3/b6-5+/t9-,10+,11+,12+,13-,14-,15+,16-,17+,18+/m1/s1. The van der Waals surface area contributed by atoms with Crippen LogP contribution < -0.4 is 0 Å². The Morgan fingerprint density at radius 3 is 2.33 bits per heavy atom. The van der Waals surface area contributed by atoms with Crippen molar-refractivity contribution in [3.8, 4) is 0 Å². The fourth-order valence-corrected chi connectivity index (χ4v) is 4.32. The Bertz CT molecular complexity index is 506. The molecule has 27 heavy (non-hydrogen) atoms. The van der Waals surface area contributed by atoms with E-state index >= 15 is 0 Å². The summed E-state index contributed by atoms with van der Waals surface area (Å²) in [6.07, 6.45) is -4.89. The van der Waals surface area contributed by atoms with Gasteiger partial charge in [0.2, 0.25) is 0 Å². The van der Waals surface area contributed by atoms with Crippen LogP contribution in [0.2, 0.25) is 0 Å². The average molecular weight is 390 g/mol. The Morgan fingerprint density at radius 2 is 1.78 bits per heavy atom. The first-order valence-corrected chi connectivity index (χ1v) is 9.50. The second kappa shape index (κ2) is 8.84. The van der Waals surface area contributed by atoms with E-state index in [1.165, 1.54) is 0 Å². The Morgan fingerprint density at radius 1 is 1.15 bits per heavy atom. The molecule has 2 rings (SSSR count). The third-order valence-electron chi connectivity index (χ3n) is 5.84. The van der Waals surface area contributed by atoms with Crippen LogP contribution in [0.3, 0.4) is 0 Å². The second-order valence-corrected chi connectivity index (χ2v) is 8.57. The molecule has 0 aromatic heterocycles. The van der Waals surface area contributed by atoms with Gasteiger partial charge >= 0.3 is 0 Å². The maximum absolute atomic E-state index is 10.6. The van der Waals surface area contributed by atoms with Crippen LogP contribution in [0.5, 0.6) is 0 Å². The van der Waals surface area contributed by atoms with E-state index in [1.54, 1.807) is 13.0 Å². The Hall–Kier alpha value is -0.580. The van der Waals surface area contributed by atoms with Gasteiger partial charge in [0, 0.05) is 0 Å². The van der Waals surface area contributed by atoms with E-state index < -0.39 is 55.6 Å². The molecule has 1 aliphatic heterocycles. The third-order valence-corrected chi connectivity index (χ3v) is 5.84. The molecule has 1 saturated carbocycles. The molecule has 158 valence electrons. The van der Waals surface area contributed by atoms with Gasteiger partial charge in [-0.1, -0.05) is 32.9 Å². The fourth-order valence-electron chi connectivity index (χ4n) is 4.32. The van der Waals surface area contributed by atoms with E-state index in [2.05, 4.69) is 0 Å². The van der Waals surface area contributed by atoms with E-state index in [-0.39, 0.29) is 17.3 Å². The molecule has 0 aromatic rings. The molecule has 0 unspecified atom stereocenters. The number of aliphatic hydroxyl groups excluding tert-OH is 6. The molecule has 0 bridgehead atoms. The summed E-state index contributed by atoms with van der Waals surface area (Å²) in [5.74, 6) is -0.184. The smallest absolute Gasteiger partial charge is 0.187 e. The molecule has 2 aliphatic rings. The van der Waals surface area contributed by atoms with E-state index in [4.69, 9.17) is 9.47 Å². The topological polar surface area (TPSA) is 140 Å². The van der Waals surface area contributed by atoms with Gasteiger partial charge < -0.3 is 40.1 Å². The minimum atomic E-state index is -1.53. The van der Waals surface area contributed by atoms with Gasteiger partial charge in [0.25, 0.3) is 0 Å². The third kappa shape index (κ3) is 4.89. The van der Waals surface area contributed by atoms with Crippen molar-refractivity contribution in [1.29, 1.82) is 0 Å². The zero-order valence-corrected chi connectivity index (χ0v) is 16.3. The molecule has 1 aliphatic carbocycles. The zero-order chi connectivity index (χ0) is 20.5. The van der Waals surface area contributed by atoms with Gasteiger partial charge in [0.05, 0.1) is 24.9 Å². The highest BCUT2D eigenvalue weighted by molar-refractivity contribution is 5.06. The lowest BCUT2D eigenvalue weighted by Crippen LogP contribution is -2.61. The van der Waals surface area contributed by atoms with Gasteiger partial charge in [-0.15, -0.1) is 0 Å². The molecule has 0 amide bonds. The molecular weight excluding hydrogens is 356 g/mol. The summed E-state index contributed by atoms with van der Waals surface area (Å²) in [6, 6.07) is 0. The molecule has 0 radical (unpaired) electrons. The van der Waals surface area contributed by atoms with E-state index in [1.807, 2.05) is 26.8 Å². The molecule has 1 saturated heterocycles. The van der Waals surface area contributed by atoms with Crippen LogP contribution >= 0.6 is 0 Å². The molecule has 0 spiro atoms. The van der Waals surface area contributed by atoms with Gasteiger partial charge in [-0.25, -0.2) is 0 Å². The van der Waals surface area contributed by atoms with E-state index in [0.717, 1.165) is 0 Å². The summed E-state index contributed by atoms with van der Waals surface area (Å²) in [4.78, 5) is 0. The number of ether oxygens (including phenoxy) is 2. The van der Waals surface area contributed by atoms with E-state index in [0.29, 0.717) is 6.42 Å². The van der Waals surface area contributed by atoms with Crippen LogP contribution in [0.4, 0.5) is 0 Å². The van der Waals surface area contributed by atoms with Crippen LogP contribution in [-0.2, 0) is 9.47 Å². The van der Waals surface area contributed by atoms with Gasteiger partial charge in [-0.2, -0.15) is 0 Å². The van der Waals surface area contributed by atoms with Crippen LogP contribution in [0, 0.1) is 17.3 Å². The average Bonchev–Trinajstić information content (AvgIpc) is 2.57. The van der Waals surface area contributed by atoms with Gasteiger partial charge in [0.1, 0.15) is 24.4 Å². The number of aliphatic hydroxyl groups is 6. The quantitative estimate of drug-likeness (QED) is 0.334. The SMILES string of the molecule is C[C@@H]1[C@H](O[C@@H]2O[C@H](CO)[C@@H](O)[C@H](O)[C@H]2O)[C@@H](O)CC(C)(C)[C@H]1/C=C/[C@@H](C)O. The highest BCUT2D eigenvalue weighted by Gasteiger charge is 2.50. The largest absolute Gasteiger partial charge is 0.394 e. The normalized spacial score (nSPS) is 46.5. The summed E-state index contributed by atoms with van der Waals surface area (Å²) in [5.41, 5.74) is -0.237. The lowest BCUT2D eigenvalue weighted by Gasteiger charge is -2.50. The summed E-state index contributed by atoms with van der Waals surface area (Å²) < 4.78 is 11.3. The van der Waals surface area contributed by atoms with Crippen LogP contribution in [-0.4, -0.2) is 86.3 Å². The number of rotatable bonds is 5. The minimum Gasteiger partial charge on any atom is -0.394 e. The van der Waals surface area contributed by atoms with Crippen molar-refractivity contribution in [1.82, 2.24) is 0 Å². The molecule has 8 nitrogen and oxygen atoms in total. The monoisotopic (exact) mass is 390 g/mol. The first kappa shape index (κ1) is 22.7. The Labute approximate surface area is 160 Å².